The molecule has 2 atom stereocenters. The second kappa shape index (κ2) is 6.94. The third-order valence-electron chi connectivity index (χ3n) is 4.09. The van der Waals surface area contributed by atoms with Crippen LogP contribution in [-0.4, -0.2) is 28.9 Å². The van der Waals surface area contributed by atoms with E-state index in [9.17, 15) is 19.5 Å². The molecule has 0 saturated carbocycles. The van der Waals surface area contributed by atoms with Gasteiger partial charge in [-0.3, -0.25) is 9.59 Å². The lowest BCUT2D eigenvalue weighted by Crippen LogP contribution is -2.42. The summed E-state index contributed by atoms with van der Waals surface area (Å²) in [6, 6.07) is 12.0. The van der Waals surface area contributed by atoms with Crippen molar-refractivity contribution >= 4 is 35.1 Å². The molecule has 3 N–H and O–H groups in total. The van der Waals surface area contributed by atoms with Crippen molar-refractivity contribution in [3.8, 4) is 0 Å². The Bertz CT molecular complexity index is 835. The number of aliphatic carboxylic acids is 1. The van der Waals surface area contributed by atoms with Gasteiger partial charge in [-0.25, -0.2) is 4.79 Å². The lowest BCUT2D eigenvalue weighted by atomic mass is 9.93. The number of halogens is 1. The molecule has 0 radical (unpaired) electrons. The maximum Gasteiger partial charge on any atom is 0.326 e. The molecule has 0 spiro atoms. The fourth-order valence-corrected chi connectivity index (χ4v) is 2.94. The molecule has 128 valence electrons. The molecule has 2 aromatic rings. The van der Waals surface area contributed by atoms with Crippen molar-refractivity contribution in [2.45, 2.75) is 18.4 Å². The summed E-state index contributed by atoms with van der Waals surface area (Å²) in [5.41, 5.74) is 1.71. The molecule has 1 aliphatic heterocycles. The SMILES string of the molecule is O=C(NC(CC1C(=O)Nc2ccccc21)C(=O)O)c1ccc(Cl)cc1. The maximum atomic E-state index is 12.3. The minimum absolute atomic E-state index is 0.0302. The summed E-state index contributed by atoms with van der Waals surface area (Å²) >= 11 is 5.78. The van der Waals surface area contributed by atoms with Crippen LogP contribution >= 0.6 is 11.6 Å². The van der Waals surface area contributed by atoms with Crippen LogP contribution in [0.3, 0.4) is 0 Å². The Hall–Kier alpha value is -2.86. The molecule has 25 heavy (non-hydrogen) atoms. The number of anilines is 1. The summed E-state index contributed by atoms with van der Waals surface area (Å²) < 4.78 is 0. The van der Waals surface area contributed by atoms with E-state index in [1.165, 1.54) is 12.1 Å². The number of amides is 2. The number of hydrogen-bond acceptors (Lipinski definition) is 3. The number of hydrogen-bond donors (Lipinski definition) is 3. The van der Waals surface area contributed by atoms with Crippen molar-refractivity contribution in [2.24, 2.45) is 0 Å². The van der Waals surface area contributed by atoms with Crippen molar-refractivity contribution in [1.29, 1.82) is 0 Å². The number of fused-ring (bicyclic) bond motifs is 1. The summed E-state index contributed by atoms with van der Waals surface area (Å²) in [6.45, 7) is 0. The lowest BCUT2D eigenvalue weighted by molar-refractivity contribution is -0.139. The van der Waals surface area contributed by atoms with Gasteiger partial charge in [0, 0.05) is 16.3 Å². The zero-order valence-electron chi connectivity index (χ0n) is 13.0. The molecule has 2 aromatic carbocycles. The van der Waals surface area contributed by atoms with E-state index in [0.717, 1.165) is 5.56 Å². The molecular weight excluding hydrogens is 344 g/mol. The number of nitrogens with one attached hydrogen (secondary N) is 2. The Balaban J connectivity index is 1.76. The molecule has 0 saturated heterocycles. The van der Waals surface area contributed by atoms with Crippen molar-refractivity contribution in [3.63, 3.8) is 0 Å². The first-order valence-corrected chi connectivity index (χ1v) is 8.02. The van der Waals surface area contributed by atoms with Gasteiger partial charge in [-0.1, -0.05) is 29.8 Å². The van der Waals surface area contributed by atoms with Gasteiger partial charge in [0.25, 0.3) is 5.91 Å². The van der Waals surface area contributed by atoms with Gasteiger partial charge < -0.3 is 15.7 Å². The highest BCUT2D eigenvalue weighted by Crippen LogP contribution is 2.35. The van der Waals surface area contributed by atoms with Crippen LogP contribution in [0.4, 0.5) is 5.69 Å². The molecular formula is C18H15ClN2O4. The molecule has 0 aromatic heterocycles. The van der Waals surface area contributed by atoms with E-state index in [2.05, 4.69) is 10.6 Å². The third-order valence-corrected chi connectivity index (χ3v) is 4.34. The predicted molar refractivity (Wildman–Crippen MR) is 92.8 cm³/mol. The van der Waals surface area contributed by atoms with Crippen LogP contribution in [0.25, 0.3) is 0 Å². The molecule has 0 fully saturated rings. The zero-order valence-corrected chi connectivity index (χ0v) is 13.8. The standard InChI is InChI=1S/C18H15ClN2O4/c19-11-7-5-10(6-8-11)16(22)21-15(18(24)25)9-13-12-3-1-2-4-14(12)20-17(13)23/h1-8,13,15H,9H2,(H,20,23)(H,21,22)(H,24,25). The van der Waals surface area contributed by atoms with Crippen LogP contribution in [0.2, 0.25) is 5.02 Å². The van der Waals surface area contributed by atoms with Crippen LogP contribution in [-0.2, 0) is 9.59 Å². The second-order valence-corrected chi connectivity index (χ2v) is 6.17. The Morgan fingerprint density at radius 1 is 1.16 bits per heavy atom. The number of carboxylic acid groups (broad SMARTS) is 1. The molecule has 7 heteroatoms. The summed E-state index contributed by atoms with van der Waals surface area (Å²) in [4.78, 5) is 36.0. The summed E-state index contributed by atoms with van der Waals surface area (Å²) in [5, 5.41) is 15.1. The van der Waals surface area contributed by atoms with E-state index >= 15 is 0 Å². The normalized spacial score (nSPS) is 16.7. The average molecular weight is 359 g/mol. The van der Waals surface area contributed by atoms with Crippen LogP contribution in [0, 0.1) is 0 Å². The second-order valence-electron chi connectivity index (χ2n) is 5.74. The number of benzene rings is 2. The summed E-state index contributed by atoms with van der Waals surface area (Å²) in [7, 11) is 0. The van der Waals surface area contributed by atoms with Crippen molar-refractivity contribution in [3.05, 3.63) is 64.7 Å². The van der Waals surface area contributed by atoms with E-state index < -0.39 is 23.8 Å². The van der Waals surface area contributed by atoms with Crippen molar-refractivity contribution in [2.75, 3.05) is 5.32 Å². The number of carboxylic acids is 1. The quantitative estimate of drug-likeness (QED) is 0.765. The molecule has 0 bridgehead atoms. The Labute approximate surface area is 148 Å². The Morgan fingerprint density at radius 2 is 1.84 bits per heavy atom. The van der Waals surface area contributed by atoms with Gasteiger partial charge in [0.15, 0.2) is 0 Å². The molecule has 6 nitrogen and oxygen atoms in total. The Kier molecular flexibility index (Phi) is 4.72. The molecule has 2 unspecified atom stereocenters. The van der Waals surface area contributed by atoms with Crippen LogP contribution < -0.4 is 10.6 Å². The first-order chi connectivity index (χ1) is 12.0. The van der Waals surface area contributed by atoms with Crippen LogP contribution in [0.15, 0.2) is 48.5 Å². The number of carbonyl (C=O) groups excluding carboxylic acids is 2. The highest BCUT2D eigenvalue weighted by Gasteiger charge is 2.35. The first kappa shape index (κ1) is 17.0. The highest BCUT2D eigenvalue weighted by atomic mass is 35.5. The number of para-hydroxylation sites is 1. The van der Waals surface area contributed by atoms with Gasteiger partial charge in [-0.15, -0.1) is 0 Å². The fraction of sp³-hybridized carbons (Fsp3) is 0.167. The van der Waals surface area contributed by atoms with Gasteiger partial charge in [0.2, 0.25) is 5.91 Å². The summed E-state index contributed by atoms with van der Waals surface area (Å²) in [6.07, 6.45) is -0.0302. The number of rotatable bonds is 5. The van der Waals surface area contributed by atoms with Gasteiger partial charge >= 0.3 is 5.97 Å². The predicted octanol–water partition coefficient (Wildman–Crippen LogP) is 2.65. The van der Waals surface area contributed by atoms with E-state index in [4.69, 9.17) is 11.6 Å². The highest BCUT2D eigenvalue weighted by molar-refractivity contribution is 6.30. The third kappa shape index (κ3) is 3.64. The molecule has 2 amide bonds. The molecule has 1 heterocycles. The van der Waals surface area contributed by atoms with Crippen molar-refractivity contribution in [1.82, 2.24) is 5.32 Å². The fourth-order valence-electron chi connectivity index (χ4n) is 2.81. The molecule has 0 aliphatic carbocycles. The summed E-state index contributed by atoms with van der Waals surface area (Å²) in [5.74, 6) is -2.62. The lowest BCUT2D eigenvalue weighted by Gasteiger charge is -2.18. The van der Waals surface area contributed by atoms with E-state index in [0.29, 0.717) is 16.3 Å². The first-order valence-electron chi connectivity index (χ1n) is 7.64. The van der Waals surface area contributed by atoms with Crippen molar-refractivity contribution < 1.29 is 19.5 Å². The smallest absolute Gasteiger partial charge is 0.326 e. The molecule has 3 rings (SSSR count). The van der Waals surface area contributed by atoms with Gasteiger partial charge in [0.05, 0.1) is 5.92 Å². The molecule has 1 aliphatic rings. The topological polar surface area (TPSA) is 95.5 Å². The van der Waals surface area contributed by atoms with Gasteiger partial charge in [-0.05, 0) is 42.3 Å². The minimum atomic E-state index is -1.19. The minimum Gasteiger partial charge on any atom is -0.480 e. The van der Waals surface area contributed by atoms with Gasteiger partial charge in [0.1, 0.15) is 6.04 Å². The van der Waals surface area contributed by atoms with E-state index in [1.807, 2.05) is 0 Å². The van der Waals surface area contributed by atoms with Crippen LogP contribution in [0.5, 0.6) is 0 Å². The van der Waals surface area contributed by atoms with Crippen LogP contribution in [0.1, 0.15) is 28.3 Å². The van der Waals surface area contributed by atoms with Gasteiger partial charge in [-0.2, -0.15) is 0 Å². The number of carbonyl (C=O) groups is 3. The maximum absolute atomic E-state index is 12.3. The Morgan fingerprint density at radius 3 is 2.52 bits per heavy atom. The largest absolute Gasteiger partial charge is 0.480 e. The zero-order chi connectivity index (χ0) is 18.0. The average Bonchev–Trinajstić information content (AvgIpc) is 2.90. The monoisotopic (exact) mass is 358 g/mol. The van der Waals surface area contributed by atoms with E-state index in [1.54, 1.807) is 36.4 Å². The van der Waals surface area contributed by atoms with E-state index in [-0.39, 0.29) is 12.3 Å².